The number of nitrogens with one attached hydrogen (secondary N) is 1. The number of amides is 1. The number of morpholine rings is 1. The number of rotatable bonds is 6. The molecule has 0 aliphatic carbocycles. The van der Waals surface area contributed by atoms with Crippen LogP contribution in [0.5, 0.6) is 0 Å². The average Bonchev–Trinajstić information content (AvgIpc) is 2.66. The number of sulfonamides is 1. The van der Waals surface area contributed by atoms with E-state index in [0.29, 0.717) is 19.0 Å². The molecular weight excluding hydrogens is 438 g/mol. The number of hydrogen-bond donors (Lipinski definition) is 1. The first-order chi connectivity index (χ1) is 14.5. The van der Waals surface area contributed by atoms with Crippen LogP contribution in [0.4, 0.5) is 0 Å². The lowest BCUT2D eigenvalue weighted by Crippen LogP contribution is -2.48. The highest BCUT2D eigenvalue weighted by atomic mass is 35.5. The summed E-state index contributed by atoms with van der Waals surface area (Å²) in [6, 6.07) is 4.06. The van der Waals surface area contributed by atoms with Gasteiger partial charge in [-0.15, -0.1) is 0 Å². The molecule has 2 heterocycles. The van der Waals surface area contributed by atoms with E-state index in [1.807, 2.05) is 0 Å². The van der Waals surface area contributed by atoms with Gasteiger partial charge in [0.2, 0.25) is 10.0 Å². The van der Waals surface area contributed by atoms with Crippen molar-refractivity contribution >= 4 is 27.5 Å². The van der Waals surface area contributed by atoms with E-state index in [1.165, 1.54) is 18.2 Å². The molecule has 0 radical (unpaired) electrons. The van der Waals surface area contributed by atoms with E-state index < -0.39 is 10.0 Å². The lowest BCUT2D eigenvalue weighted by Gasteiger charge is -2.39. The summed E-state index contributed by atoms with van der Waals surface area (Å²) in [6.45, 7) is 11.9. The number of benzene rings is 1. The molecule has 1 amide bonds. The Bertz CT molecular complexity index is 875. The number of halogens is 1. The van der Waals surface area contributed by atoms with Gasteiger partial charge in [0.25, 0.3) is 5.91 Å². The highest BCUT2D eigenvalue weighted by Crippen LogP contribution is 2.26. The maximum absolute atomic E-state index is 13.1. The van der Waals surface area contributed by atoms with Crippen LogP contribution < -0.4 is 4.72 Å². The molecular formula is C22H34ClN3O4S. The number of carbonyl (C=O) groups is 1. The van der Waals surface area contributed by atoms with E-state index in [9.17, 15) is 13.2 Å². The first-order valence-electron chi connectivity index (χ1n) is 11.0. The van der Waals surface area contributed by atoms with Crippen molar-refractivity contribution in [3.05, 3.63) is 28.8 Å². The number of carbonyl (C=O) groups excluding carboxylic acids is 1. The Morgan fingerprint density at radius 2 is 1.81 bits per heavy atom. The molecule has 9 heteroatoms. The van der Waals surface area contributed by atoms with E-state index in [1.54, 1.807) is 18.7 Å². The topological polar surface area (TPSA) is 79.0 Å². The Morgan fingerprint density at radius 3 is 2.39 bits per heavy atom. The van der Waals surface area contributed by atoms with E-state index in [4.69, 9.17) is 16.3 Å². The fourth-order valence-corrected chi connectivity index (χ4v) is 5.98. The molecule has 2 fully saturated rings. The summed E-state index contributed by atoms with van der Waals surface area (Å²) in [5.41, 5.74) is 0.238. The largest absolute Gasteiger partial charge is 0.373 e. The molecule has 2 saturated heterocycles. The standard InChI is InChI=1S/C22H34ClN3O4S/c1-15(2)24-31(28,29)19-5-6-21(23)20(11-19)22(27)26-9-7-18(8-10-26)14-25-12-16(3)30-17(4)13-25/h5-6,11,15-18,24H,7-10,12-14H2,1-4H3. The van der Waals surface area contributed by atoms with Gasteiger partial charge in [-0.25, -0.2) is 13.1 Å². The average molecular weight is 472 g/mol. The van der Waals surface area contributed by atoms with E-state index >= 15 is 0 Å². The van der Waals surface area contributed by atoms with Crippen LogP contribution >= 0.6 is 11.6 Å². The van der Waals surface area contributed by atoms with Crippen molar-refractivity contribution in [2.45, 2.75) is 63.7 Å². The van der Waals surface area contributed by atoms with Gasteiger partial charge in [-0.1, -0.05) is 11.6 Å². The summed E-state index contributed by atoms with van der Waals surface area (Å²) in [6.07, 6.45) is 2.36. The molecule has 2 aliphatic rings. The number of ether oxygens (including phenoxy) is 1. The van der Waals surface area contributed by atoms with Gasteiger partial charge in [-0.05, 0) is 64.7 Å². The van der Waals surface area contributed by atoms with E-state index in [0.717, 1.165) is 32.5 Å². The van der Waals surface area contributed by atoms with Crippen molar-refractivity contribution in [3.8, 4) is 0 Å². The Labute approximate surface area is 191 Å². The molecule has 2 unspecified atom stereocenters. The number of likely N-dealkylation sites (tertiary alicyclic amines) is 1. The molecule has 0 aromatic heterocycles. The fraction of sp³-hybridized carbons (Fsp3) is 0.682. The number of nitrogens with zero attached hydrogens (tertiary/aromatic N) is 2. The summed E-state index contributed by atoms with van der Waals surface area (Å²) in [5, 5.41) is 0.270. The predicted octanol–water partition coefficient (Wildman–Crippen LogP) is 2.99. The van der Waals surface area contributed by atoms with Gasteiger partial charge < -0.3 is 9.64 Å². The van der Waals surface area contributed by atoms with Gasteiger partial charge in [0.05, 0.1) is 27.7 Å². The van der Waals surface area contributed by atoms with Crippen LogP contribution in [0.2, 0.25) is 5.02 Å². The maximum Gasteiger partial charge on any atom is 0.255 e. The van der Waals surface area contributed by atoms with Crippen molar-refractivity contribution < 1.29 is 17.9 Å². The summed E-state index contributed by atoms with van der Waals surface area (Å²) in [4.78, 5) is 17.4. The quantitative estimate of drug-likeness (QED) is 0.690. The van der Waals surface area contributed by atoms with Crippen LogP contribution in [0.3, 0.4) is 0 Å². The Morgan fingerprint density at radius 1 is 1.19 bits per heavy atom. The molecule has 174 valence electrons. The molecule has 1 aromatic carbocycles. The summed E-state index contributed by atoms with van der Waals surface area (Å²) >= 11 is 6.27. The van der Waals surface area contributed by atoms with Gasteiger partial charge >= 0.3 is 0 Å². The fourth-order valence-electron chi connectivity index (χ4n) is 4.50. The zero-order valence-electron chi connectivity index (χ0n) is 18.8. The van der Waals surface area contributed by atoms with Gasteiger partial charge in [0.15, 0.2) is 0 Å². The molecule has 2 aliphatic heterocycles. The number of piperidine rings is 1. The van der Waals surface area contributed by atoms with Crippen LogP contribution in [0.15, 0.2) is 23.1 Å². The van der Waals surface area contributed by atoms with Crippen LogP contribution in [0, 0.1) is 5.92 Å². The zero-order valence-corrected chi connectivity index (χ0v) is 20.4. The second-order valence-corrected chi connectivity index (χ2v) is 11.3. The molecule has 31 heavy (non-hydrogen) atoms. The Balaban J connectivity index is 1.62. The third kappa shape index (κ3) is 6.42. The summed E-state index contributed by atoms with van der Waals surface area (Å²) in [5.74, 6) is 0.331. The van der Waals surface area contributed by atoms with E-state index in [2.05, 4.69) is 23.5 Å². The highest BCUT2D eigenvalue weighted by Gasteiger charge is 2.29. The Hall–Kier alpha value is -1.19. The van der Waals surface area contributed by atoms with Crippen molar-refractivity contribution in [1.29, 1.82) is 0 Å². The highest BCUT2D eigenvalue weighted by molar-refractivity contribution is 7.89. The van der Waals surface area contributed by atoms with Crippen LogP contribution in [0.1, 0.15) is 50.9 Å². The minimum absolute atomic E-state index is 0.0550. The minimum Gasteiger partial charge on any atom is -0.373 e. The molecule has 0 spiro atoms. The van der Waals surface area contributed by atoms with Crippen molar-refractivity contribution in [2.24, 2.45) is 5.92 Å². The van der Waals surface area contributed by atoms with Gasteiger partial charge in [0.1, 0.15) is 0 Å². The van der Waals surface area contributed by atoms with Crippen LogP contribution in [-0.2, 0) is 14.8 Å². The van der Waals surface area contributed by atoms with Gasteiger partial charge in [-0.2, -0.15) is 0 Å². The maximum atomic E-state index is 13.1. The van der Waals surface area contributed by atoms with Gasteiger partial charge in [-0.3, -0.25) is 9.69 Å². The lowest BCUT2D eigenvalue weighted by atomic mass is 9.95. The first kappa shape index (κ1) is 24.5. The van der Waals surface area contributed by atoms with Crippen molar-refractivity contribution in [2.75, 3.05) is 32.7 Å². The predicted molar refractivity (Wildman–Crippen MR) is 122 cm³/mol. The van der Waals surface area contributed by atoms with Gasteiger partial charge in [0, 0.05) is 38.8 Å². The van der Waals surface area contributed by atoms with E-state index in [-0.39, 0.29) is 39.6 Å². The molecule has 1 aromatic rings. The zero-order chi connectivity index (χ0) is 22.8. The molecule has 0 bridgehead atoms. The third-order valence-corrected chi connectivity index (χ3v) is 7.77. The summed E-state index contributed by atoms with van der Waals surface area (Å²) in [7, 11) is -3.69. The SMILES string of the molecule is CC(C)NS(=O)(=O)c1ccc(Cl)c(C(=O)N2CCC(CN3CC(C)OC(C)C3)CC2)c1. The van der Waals surface area contributed by atoms with Crippen molar-refractivity contribution in [3.63, 3.8) is 0 Å². The van der Waals surface area contributed by atoms with Crippen molar-refractivity contribution in [1.82, 2.24) is 14.5 Å². The molecule has 7 nitrogen and oxygen atoms in total. The minimum atomic E-state index is -3.69. The van der Waals surface area contributed by atoms with Crippen LogP contribution in [0.25, 0.3) is 0 Å². The smallest absolute Gasteiger partial charge is 0.255 e. The number of hydrogen-bond acceptors (Lipinski definition) is 5. The second-order valence-electron chi connectivity index (χ2n) is 9.13. The molecule has 3 rings (SSSR count). The monoisotopic (exact) mass is 471 g/mol. The third-order valence-electron chi connectivity index (χ3n) is 5.78. The Kier molecular flexibility index (Phi) is 8.02. The molecule has 2 atom stereocenters. The summed E-state index contributed by atoms with van der Waals surface area (Å²) < 4.78 is 33.3. The molecule has 1 N–H and O–H groups in total. The molecule has 0 saturated carbocycles. The second kappa shape index (κ2) is 10.2. The van der Waals surface area contributed by atoms with Crippen LogP contribution in [-0.4, -0.2) is 75.1 Å². The lowest BCUT2D eigenvalue weighted by molar-refractivity contribution is -0.0728. The normalized spacial score (nSPS) is 24.0. The first-order valence-corrected chi connectivity index (χ1v) is 12.9.